The van der Waals surface area contributed by atoms with Gasteiger partial charge in [-0.05, 0) is 16.7 Å². The second-order valence-electron chi connectivity index (χ2n) is 9.88. The van der Waals surface area contributed by atoms with Crippen LogP contribution in [0, 0.1) is 0 Å². The van der Waals surface area contributed by atoms with Gasteiger partial charge in [-0.3, -0.25) is 4.57 Å². The summed E-state index contributed by atoms with van der Waals surface area (Å²) in [4.78, 5) is 13.1. The van der Waals surface area contributed by atoms with Crippen LogP contribution in [-0.4, -0.2) is 43.6 Å². The highest BCUT2D eigenvalue weighted by Gasteiger charge is 2.47. The molecule has 0 bridgehead atoms. The molecule has 0 radical (unpaired) electrons. The number of benzene rings is 3. The number of nitrogens with two attached hydrogens (primary N) is 2. The van der Waals surface area contributed by atoms with Gasteiger partial charge in [0.15, 0.2) is 11.5 Å². The number of aromatic nitrogens is 4. The van der Waals surface area contributed by atoms with Gasteiger partial charge in [-0.25, -0.2) is 4.98 Å². The molecule has 0 unspecified atom stereocenters. The van der Waals surface area contributed by atoms with Gasteiger partial charge in [0.05, 0.1) is 38.0 Å². The molecule has 1 fully saturated rings. The second kappa shape index (κ2) is 12.7. The Morgan fingerprint density at radius 1 is 0.707 bits per heavy atom. The van der Waals surface area contributed by atoms with E-state index < -0.39 is 0 Å². The van der Waals surface area contributed by atoms with E-state index >= 15 is 0 Å². The predicted molar refractivity (Wildman–Crippen MR) is 161 cm³/mol. The predicted octanol–water partition coefficient (Wildman–Crippen LogP) is 4.99. The van der Waals surface area contributed by atoms with E-state index in [1.54, 1.807) is 18.1 Å². The lowest BCUT2D eigenvalue weighted by Crippen LogP contribution is -2.38. The smallest absolute Gasteiger partial charge is 0.224 e. The molecule has 0 spiro atoms. The Hall–Kier alpha value is -3.96. The average molecular weight is 569 g/mol. The SMILES string of the molecule is Nc1nc(N)c2ncn([C@@H]3S[C@@H](COCc4ccccc4)[C@@H](OCc4ccccc4)[C@@H]3OCc3ccccc3)c2n1. The summed E-state index contributed by atoms with van der Waals surface area (Å²) >= 11 is 1.72. The van der Waals surface area contributed by atoms with Crippen molar-refractivity contribution < 1.29 is 14.2 Å². The van der Waals surface area contributed by atoms with Crippen molar-refractivity contribution in [2.24, 2.45) is 0 Å². The summed E-state index contributed by atoms with van der Waals surface area (Å²) in [5.74, 6) is 0.344. The molecule has 9 nitrogen and oxygen atoms in total. The fourth-order valence-electron chi connectivity index (χ4n) is 4.99. The first kappa shape index (κ1) is 27.2. The van der Waals surface area contributed by atoms with Crippen molar-refractivity contribution in [2.75, 3.05) is 18.1 Å². The molecule has 41 heavy (non-hydrogen) atoms. The molecule has 0 aliphatic carbocycles. The highest BCUT2D eigenvalue weighted by molar-refractivity contribution is 8.00. The standard InChI is InChI=1S/C31H32N6O3S/c32-28-25-29(36-31(33)35-28)37(20-34-25)30-27(40-18-23-14-8-3-9-15-23)26(39-17-22-12-6-2-7-13-22)24(41-30)19-38-16-21-10-4-1-5-11-21/h1-15,20,24,26-27,30H,16-19H2,(H4,32,33,35,36)/t24-,26+,27-,30+/m0/s1. The van der Waals surface area contributed by atoms with Crippen LogP contribution in [0.1, 0.15) is 22.1 Å². The summed E-state index contributed by atoms with van der Waals surface area (Å²) < 4.78 is 21.5. The summed E-state index contributed by atoms with van der Waals surface area (Å²) in [7, 11) is 0. The van der Waals surface area contributed by atoms with Gasteiger partial charge in [0.2, 0.25) is 5.95 Å². The number of anilines is 2. The van der Waals surface area contributed by atoms with E-state index in [9.17, 15) is 0 Å². The van der Waals surface area contributed by atoms with Gasteiger partial charge in [0.25, 0.3) is 0 Å². The van der Waals surface area contributed by atoms with Crippen molar-refractivity contribution >= 4 is 34.7 Å². The van der Waals surface area contributed by atoms with Crippen LogP contribution in [0.15, 0.2) is 97.3 Å². The maximum Gasteiger partial charge on any atom is 0.224 e. The molecular weight excluding hydrogens is 536 g/mol. The van der Waals surface area contributed by atoms with Crippen molar-refractivity contribution in [3.8, 4) is 0 Å². The number of nitrogen functional groups attached to an aromatic ring is 2. The molecule has 5 aromatic rings. The molecule has 4 N–H and O–H groups in total. The Kier molecular flexibility index (Phi) is 8.43. The number of thioether (sulfide) groups is 1. The first-order valence-corrected chi connectivity index (χ1v) is 14.4. The van der Waals surface area contributed by atoms with Crippen LogP contribution < -0.4 is 11.5 Å². The van der Waals surface area contributed by atoms with E-state index in [0.29, 0.717) is 37.6 Å². The molecule has 1 aliphatic heterocycles. The number of ether oxygens (including phenoxy) is 3. The van der Waals surface area contributed by atoms with Crippen molar-refractivity contribution in [3.05, 3.63) is 114 Å². The van der Waals surface area contributed by atoms with Crippen LogP contribution >= 0.6 is 11.8 Å². The van der Waals surface area contributed by atoms with E-state index in [1.165, 1.54) is 0 Å². The Labute approximate surface area is 242 Å². The molecule has 6 rings (SSSR count). The minimum absolute atomic E-state index is 0.0258. The molecular formula is C31H32N6O3S. The van der Waals surface area contributed by atoms with Crippen LogP contribution in [0.25, 0.3) is 11.2 Å². The summed E-state index contributed by atoms with van der Waals surface area (Å²) in [5, 5.41) is -0.245. The Balaban J connectivity index is 1.31. The van der Waals surface area contributed by atoms with Gasteiger partial charge in [-0.15, -0.1) is 11.8 Å². The third kappa shape index (κ3) is 6.36. The number of rotatable bonds is 11. The number of fused-ring (bicyclic) bond motifs is 1. The highest BCUT2D eigenvalue weighted by atomic mass is 32.2. The molecule has 210 valence electrons. The number of hydrogen-bond acceptors (Lipinski definition) is 9. The quantitative estimate of drug-likeness (QED) is 0.227. The molecule has 2 aromatic heterocycles. The van der Waals surface area contributed by atoms with E-state index in [4.69, 9.17) is 25.7 Å². The van der Waals surface area contributed by atoms with Crippen LogP contribution in [0.3, 0.4) is 0 Å². The zero-order chi connectivity index (χ0) is 28.0. The summed E-state index contributed by atoms with van der Waals surface area (Å²) in [6.07, 6.45) is 1.11. The summed E-state index contributed by atoms with van der Waals surface area (Å²) in [6, 6.07) is 30.4. The van der Waals surface area contributed by atoms with Crippen LogP contribution in [0.2, 0.25) is 0 Å². The molecule has 1 aliphatic rings. The Morgan fingerprint density at radius 2 is 1.27 bits per heavy atom. The first-order chi connectivity index (χ1) is 20.2. The molecule has 4 atom stereocenters. The van der Waals surface area contributed by atoms with Crippen molar-refractivity contribution in [3.63, 3.8) is 0 Å². The first-order valence-electron chi connectivity index (χ1n) is 13.5. The fourth-order valence-corrected chi connectivity index (χ4v) is 6.58. The normalized spacial score (nSPS) is 20.5. The van der Waals surface area contributed by atoms with E-state index in [1.807, 2.05) is 59.2 Å². The van der Waals surface area contributed by atoms with Gasteiger partial charge in [0, 0.05) is 0 Å². The lowest BCUT2D eigenvalue weighted by atomic mass is 10.1. The van der Waals surface area contributed by atoms with Crippen molar-refractivity contribution in [1.82, 2.24) is 19.5 Å². The molecule has 0 saturated carbocycles. The highest BCUT2D eigenvalue weighted by Crippen LogP contribution is 2.47. The van der Waals surface area contributed by atoms with Gasteiger partial charge in [-0.1, -0.05) is 91.0 Å². The molecule has 3 aromatic carbocycles. The average Bonchev–Trinajstić information content (AvgIpc) is 3.57. The lowest BCUT2D eigenvalue weighted by molar-refractivity contribution is -0.0913. The van der Waals surface area contributed by atoms with E-state index in [0.717, 1.165) is 16.7 Å². The van der Waals surface area contributed by atoms with E-state index in [-0.39, 0.29) is 34.6 Å². The number of nitrogens with zero attached hydrogens (tertiary/aromatic N) is 4. The zero-order valence-electron chi connectivity index (χ0n) is 22.5. The minimum atomic E-state index is -0.343. The van der Waals surface area contributed by atoms with Gasteiger partial charge in [0.1, 0.15) is 23.1 Å². The molecule has 10 heteroatoms. The third-order valence-electron chi connectivity index (χ3n) is 6.99. The third-order valence-corrected chi connectivity index (χ3v) is 8.52. The summed E-state index contributed by atoms with van der Waals surface area (Å²) in [6.45, 7) is 1.87. The van der Waals surface area contributed by atoms with E-state index in [2.05, 4.69) is 51.4 Å². The maximum atomic E-state index is 6.67. The van der Waals surface area contributed by atoms with Gasteiger partial charge in [-0.2, -0.15) is 9.97 Å². The zero-order valence-corrected chi connectivity index (χ0v) is 23.3. The number of imidazole rings is 1. The molecule has 1 saturated heterocycles. The van der Waals surface area contributed by atoms with Crippen LogP contribution in [0.4, 0.5) is 11.8 Å². The largest absolute Gasteiger partial charge is 0.382 e. The number of hydrogen-bond donors (Lipinski definition) is 2. The topological polar surface area (TPSA) is 123 Å². The van der Waals surface area contributed by atoms with Crippen molar-refractivity contribution in [1.29, 1.82) is 0 Å². The van der Waals surface area contributed by atoms with Crippen LogP contribution in [-0.2, 0) is 34.0 Å². The Morgan fingerprint density at radius 3 is 1.88 bits per heavy atom. The second-order valence-corrected chi connectivity index (χ2v) is 11.2. The molecule has 0 amide bonds. The van der Waals surface area contributed by atoms with Gasteiger partial charge >= 0.3 is 0 Å². The van der Waals surface area contributed by atoms with Crippen molar-refractivity contribution in [2.45, 2.75) is 42.7 Å². The Bertz CT molecular complexity index is 1550. The maximum absolute atomic E-state index is 6.67. The fraction of sp³-hybridized carbons (Fsp3) is 0.258. The lowest BCUT2D eigenvalue weighted by Gasteiger charge is -2.27. The van der Waals surface area contributed by atoms with Gasteiger partial charge < -0.3 is 25.7 Å². The monoisotopic (exact) mass is 568 g/mol. The molecule has 3 heterocycles. The minimum Gasteiger partial charge on any atom is -0.382 e. The van der Waals surface area contributed by atoms with Crippen LogP contribution in [0.5, 0.6) is 0 Å². The summed E-state index contributed by atoms with van der Waals surface area (Å²) in [5.41, 5.74) is 16.5.